The number of rotatable bonds is 8. The molecule has 2 amide bonds. The van der Waals surface area contributed by atoms with Crippen LogP contribution in [-0.4, -0.2) is 47.4 Å². The maximum atomic E-state index is 12.7. The van der Waals surface area contributed by atoms with Gasteiger partial charge in [-0.2, -0.15) is 0 Å². The van der Waals surface area contributed by atoms with Crippen LogP contribution in [0, 0.1) is 0 Å². The predicted octanol–water partition coefficient (Wildman–Crippen LogP) is 4.19. The summed E-state index contributed by atoms with van der Waals surface area (Å²) < 4.78 is 7.25. The summed E-state index contributed by atoms with van der Waals surface area (Å²) in [4.78, 5) is 31.2. The minimum Gasteiger partial charge on any atom is -0.383 e. The monoisotopic (exact) mass is 458 g/mol. The van der Waals surface area contributed by atoms with Crippen LogP contribution in [0.25, 0.3) is 11.0 Å². The minimum atomic E-state index is -0.160. The largest absolute Gasteiger partial charge is 0.383 e. The molecule has 162 valence electrons. The predicted molar refractivity (Wildman–Crippen MR) is 124 cm³/mol. The molecule has 1 saturated heterocycles. The molecule has 0 unspecified atom stereocenters. The number of amides is 2. The molecule has 2 aromatic carbocycles. The standard InChI is InChI=1S/C22H23ClN4O3S/c1-30-12-11-27-19-9-8-15(23)13-17(19)25-22(27)31-14-20(28)24-16-5-2-3-6-18(16)26-10-4-7-21(26)29/h2-3,5-6,8-9,13H,4,7,10-12,14H2,1H3,(H,24,28). The van der Waals surface area contributed by atoms with Crippen LogP contribution in [0.2, 0.25) is 5.02 Å². The van der Waals surface area contributed by atoms with Crippen LogP contribution in [0.1, 0.15) is 12.8 Å². The van der Waals surface area contributed by atoms with E-state index in [-0.39, 0.29) is 17.6 Å². The van der Waals surface area contributed by atoms with Gasteiger partial charge in [0.1, 0.15) is 0 Å². The fourth-order valence-corrected chi connectivity index (χ4v) is 4.63. The molecule has 0 radical (unpaired) electrons. The number of nitrogens with zero attached hydrogens (tertiary/aromatic N) is 3. The number of carbonyl (C=O) groups is 2. The number of hydrogen-bond donors (Lipinski definition) is 1. The maximum Gasteiger partial charge on any atom is 0.234 e. The Bertz CT molecular complexity index is 1120. The van der Waals surface area contributed by atoms with Gasteiger partial charge in [0, 0.05) is 31.6 Å². The number of fused-ring (bicyclic) bond motifs is 1. The first-order chi connectivity index (χ1) is 15.1. The van der Waals surface area contributed by atoms with Gasteiger partial charge in [-0.3, -0.25) is 9.59 Å². The average Bonchev–Trinajstić information content (AvgIpc) is 3.33. The van der Waals surface area contributed by atoms with Gasteiger partial charge >= 0.3 is 0 Å². The number of ether oxygens (including phenoxy) is 1. The van der Waals surface area contributed by atoms with Crippen LogP contribution in [0.15, 0.2) is 47.6 Å². The van der Waals surface area contributed by atoms with E-state index < -0.39 is 0 Å². The summed E-state index contributed by atoms with van der Waals surface area (Å²) in [5.41, 5.74) is 3.11. The summed E-state index contributed by atoms with van der Waals surface area (Å²) in [6, 6.07) is 13.0. The highest BCUT2D eigenvalue weighted by Gasteiger charge is 2.24. The molecule has 1 aliphatic rings. The molecular formula is C22H23ClN4O3S. The van der Waals surface area contributed by atoms with E-state index in [9.17, 15) is 9.59 Å². The fraction of sp³-hybridized carbons (Fsp3) is 0.318. The van der Waals surface area contributed by atoms with Crippen molar-refractivity contribution in [2.75, 3.05) is 36.2 Å². The topological polar surface area (TPSA) is 76.5 Å². The quantitative estimate of drug-likeness (QED) is 0.512. The van der Waals surface area contributed by atoms with E-state index in [4.69, 9.17) is 16.3 Å². The van der Waals surface area contributed by atoms with Gasteiger partial charge in [0.05, 0.1) is 34.8 Å². The van der Waals surface area contributed by atoms with E-state index in [0.717, 1.165) is 28.3 Å². The van der Waals surface area contributed by atoms with E-state index in [1.54, 1.807) is 12.0 Å². The third-order valence-corrected chi connectivity index (χ3v) is 6.28. The van der Waals surface area contributed by atoms with Crippen molar-refractivity contribution in [2.45, 2.75) is 24.5 Å². The highest BCUT2D eigenvalue weighted by Crippen LogP contribution is 2.30. The van der Waals surface area contributed by atoms with Crippen LogP contribution in [-0.2, 0) is 20.9 Å². The molecule has 1 aliphatic heterocycles. The van der Waals surface area contributed by atoms with Crippen LogP contribution < -0.4 is 10.2 Å². The van der Waals surface area contributed by atoms with Crippen molar-refractivity contribution in [1.82, 2.24) is 9.55 Å². The number of carbonyl (C=O) groups excluding carboxylic acids is 2. The van der Waals surface area contributed by atoms with Gasteiger partial charge in [-0.1, -0.05) is 35.5 Å². The number of hydrogen-bond acceptors (Lipinski definition) is 5. The molecule has 1 fully saturated rings. The van der Waals surface area contributed by atoms with Crippen LogP contribution in [0.4, 0.5) is 11.4 Å². The Morgan fingerprint density at radius 3 is 2.90 bits per heavy atom. The van der Waals surface area contributed by atoms with Gasteiger partial charge in [0.15, 0.2) is 5.16 Å². The van der Waals surface area contributed by atoms with Crippen molar-refractivity contribution in [3.8, 4) is 0 Å². The van der Waals surface area contributed by atoms with Crippen molar-refractivity contribution in [3.05, 3.63) is 47.5 Å². The van der Waals surface area contributed by atoms with Crippen LogP contribution in [0.3, 0.4) is 0 Å². The summed E-state index contributed by atoms with van der Waals surface area (Å²) in [6.45, 7) is 1.83. The molecule has 1 N–H and O–H groups in total. The van der Waals surface area contributed by atoms with Gasteiger partial charge in [0.2, 0.25) is 11.8 Å². The second-order valence-corrected chi connectivity index (χ2v) is 8.55. The van der Waals surface area contributed by atoms with Gasteiger partial charge in [-0.05, 0) is 36.8 Å². The number of para-hydroxylation sites is 2. The summed E-state index contributed by atoms with van der Waals surface area (Å²) >= 11 is 7.46. The van der Waals surface area contributed by atoms with Crippen molar-refractivity contribution >= 4 is 57.6 Å². The van der Waals surface area contributed by atoms with Crippen molar-refractivity contribution in [3.63, 3.8) is 0 Å². The van der Waals surface area contributed by atoms with E-state index in [1.807, 2.05) is 47.0 Å². The Balaban J connectivity index is 1.48. The molecule has 0 bridgehead atoms. The zero-order valence-corrected chi connectivity index (χ0v) is 18.7. The van der Waals surface area contributed by atoms with E-state index in [2.05, 4.69) is 10.3 Å². The lowest BCUT2D eigenvalue weighted by atomic mass is 10.2. The number of aromatic nitrogens is 2. The summed E-state index contributed by atoms with van der Waals surface area (Å²) in [5, 5.41) is 4.29. The molecule has 31 heavy (non-hydrogen) atoms. The molecule has 0 aliphatic carbocycles. The third kappa shape index (κ3) is 4.87. The summed E-state index contributed by atoms with van der Waals surface area (Å²) in [5.74, 6) is 0.112. The van der Waals surface area contributed by atoms with Crippen LogP contribution in [0.5, 0.6) is 0 Å². The number of anilines is 2. The van der Waals surface area contributed by atoms with E-state index in [0.29, 0.717) is 36.8 Å². The van der Waals surface area contributed by atoms with Gasteiger partial charge in [-0.15, -0.1) is 0 Å². The molecular weight excluding hydrogens is 436 g/mol. The molecule has 3 aromatic rings. The average molecular weight is 459 g/mol. The Morgan fingerprint density at radius 1 is 1.29 bits per heavy atom. The lowest BCUT2D eigenvalue weighted by Crippen LogP contribution is -2.26. The third-order valence-electron chi connectivity index (χ3n) is 5.07. The number of benzene rings is 2. The Labute approximate surface area is 189 Å². The number of methoxy groups -OCH3 is 1. The molecule has 4 rings (SSSR count). The van der Waals surface area contributed by atoms with Gasteiger partial charge < -0.3 is 19.5 Å². The molecule has 0 saturated carbocycles. The number of nitrogens with one attached hydrogen (secondary N) is 1. The highest BCUT2D eigenvalue weighted by atomic mass is 35.5. The van der Waals surface area contributed by atoms with E-state index >= 15 is 0 Å². The molecule has 9 heteroatoms. The molecule has 7 nitrogen and oxygen atoms in total. The Kier molecular flexibility index (Phi) is 6.80. The first-order valence-electron chi connectivity index (χ1n) is 10.0. The number of imidazole rings is 1. The normalized spacial score (nSPS) is 13.9. The lowest BCUT2D eigenvalue weighted by Gasteiger charge is -2.19. The highest BCUT2D eigenvalue weighted by molar-refractivity contribution is 7.99. The Morgan fingerprint density at radius 2 is 2.13 bits per heavy atom. The zero-order valence-electron chi connectivity index (χ0n) is 17.1. The van der Waals surface area contributed by atoms with Gasteiger partial charge in [0.25, 0.3) is 0 Å². The van der Waals surface area contributed by atoms with Crippen LogP contribution >= 0.6 is 23.4 Å². The molecule has 2 heterocycles. The SMILES string of the molecule is COCCn1c(SCC(=O)Nc2ccccc2N2CCCC2=O)nc2cc(Cl)ccc21. The summed E-state index contributed by atoms with van der Waals surface area (Å²) in [7, 11) is 1.65. The lowest BCUT2D eigenvalue weighted by molar-refractivity contribution is -0.117. The smallest absolute Gasteiger partial charge is 0.234 e. The zero-order chi connectivity index (χ0) is 21.8. The molecule has 0 atom stereocenters. The minimum absolute atomic E-state index is 0.0848. The first kappa shape index (κ1) is 21.7. The second-order valence-electron chi connectivity index (χ2n) is 7.17. The van der Waals surface area contributed by atoms with E-state index in [1.165, 1.54) is 11.8 Å². The van der Waals surface area contributed by atoms with Crippen molar-refractivity contribution < 1.29 is 14.3 Å². The number of thioether (sulfide) groups is 1. The fourth-order valence-electron chi connectivity index (χ4n) is 3.62. The summed E-state index contributed by atoms with van der Waals surface area (Å²) in [6.07, 6.45) is 1.37. The molecule has 1 aromatic heterocycles. The molecule has 0 spiro atoms. The number of halogens is 1. The van der Waals surface area contributed by atoms with Gasteiger partial charge in [-0.25, -0.2) is 4.98 Å². The van der Waals surface area contributed by atoms with Crippen molar-refractivity contribution in [1.29, 1.82) is 0 Å². The second kappa shape index (κ2) is 9.72. The van der Waals surface area contributed by atoms with Crippen molar-refractivity contribution in [2.24, 2.45) is 0 Å². The first-order valence-corrected chi connectivity index (χ1v) is 11.4. The maximum absolute atomic E-state index is 12.7. The Hall–Kier alpha value is -2.55.